The molecule has 1 aliphatic heterocycles. The second kappa shape index (κ2) is 7.05. The molecule has 0 aliphatic carbocycles. The molecule has 3 rings (SSSR count). The lowest BCUT2D eigenvalue weighted by molar-refractivity contribution is -0.143. The van der Waals surface area contributed by atoms with E-state index in [2.05, 4.69) is 6.07 Å². The van der Waals surface area contributed by atoms with Gasteiger partial charge >= 0.3 is 12.1 Å². The summed E-state index contributed by atoms with van der Waals surface area (Å²) in [4.78, 5) is 25.2. The highest BCUT2D eigenvalue weighted by Gasteiger charge is 2.35. The summed E-state index contributed by atoms with van der Waals surface area (Å²) in [5, 5.41) is 18.5. The van der Waals surface area contributed by atoms with E-state index < -0.39 is 18.1 Å². The molecule has 0 spiro atoms. The first kappa shape index (κ1) is 16.5. The standard InChI is InChI=1S/C19H16N2O4/c20-10-14-6-7-15-9-17(18(22)23)21(11-16(15)8-14)19(24)25-12-13-4-2-1-3-5-13/h1-8,17H,9,11-12H2,(H,22,23). The molecular formula is C19H16N2O4. The first-order valence-electron chi connectivity index (χ1n) is 7.80. The van der Waals surface area contributed by atoms with E-state index in [1.807, 2.05) is 30.3 Å². The highest BCUT2D eigenvalue weighted by Crippen LogP contribution is 2.25. The van der Waals surface area contributed by atoms with E-state index in [1.54, 1.807) is 18.2 Å². The molecule has 2 aromatic rings. The molecule has 1 unspecified atom stereocenters. The summed E-state index contributed by atoms with van der Waals surface area (Å²) >= 11 is 0. The van der Waals surface area contributed by atoms with Gasteiger partial charge in [0.15, 0.2) is 0 Å². The van der Waals surface area contributed by atoms with Gasteiger partial charge in [-0.25, -0.2) is 9.59 Å². The van der Waals surface area contributed by atoms with Crippen LogP contribution in [0.2, 0.25) is 0 Å². The molecule has 2 aromatic carbocycles. The van der Waals surface area contributed by atoms with Crippen molar-refractivity contribution in [3.63, 3.8) is 0 Å². The van der Waals surface area contributed by atoms with Crippen LogP contribution in [0.5, 0.6) is 0 Å². The largest absolute Gasteiger partial charge is 0.480 e. The molecule has 1 atom stereocenters. The summed E-state index contributed by atoms with van der Waals surface area (Å²) in [5.74, 6) is -1.08. The fraction of sp³-hybridized carbons (Fsp3) is 0.211. The van der Waals surface area contributed by atoms with Crippen molar-refractivity contribution in [2.75, 3.05) is 0 Å². The van der Waals surface area contributed by atoms with E-state index in [1.165, 1.54) is 4.90 Å². The zero-order valence-electron chi connectivity index (χ0n) is 13.4. The maximum atomic E-state index is 12.4. The number of ether oxygens (including phenoxy) is 1. The first-order valence-corrected chi connectivity index (χ1v) is 7.80. The fourth-order valence-corrected chi connectivity index (χ4v) is 2.87. The van der Waals surface area contributed by atoms with E-state index in [4.69, 9.17) is 10.00 Å². The number of nitriles is 1. The van der Waals surface area contributed by atoms with Gasteiger partial charge < -0.3 is 9.84 Å². The number of carbonyl (C=O) groups excluding carboxylic acids is 1. The van der Waals surface area contributed by atoms with E-state index in [9.17, 15) is 14.7 Å². The molecule has 0 bridgehead atoms. The summed E-state index contributed by atoms with van der Waals surface area (Å²) in [7, 11) is 0. The van der Waals surface area contributed by atoms with Crippen molar-refractivity contribution in [1.29, 1.82) is 5.26 Å². The van der Waals surface area contributed by atoms with Crippen LogP contribution in [0, 0.1) is 11.3 Å². The zero-order chi connectivity index (χ0) is 17.8. The minimum Gasteiger partial charge on any atom is -0.480 e. The Labute approximate surface area is 144 Å². The van der Waals surface area contributed by atoms with Gasteiger partial charge in [-0.3, -0.25) is 4.90 Å². The van der Waals surface area contributed by atoms with Gasteiger partial charge in [0.25, 0.3) is 0 Å². The van der Waals surface area contributed by atoms with E-state index in [-0.39, 0.29) is 19.6 Å². The van der Waals surface area contributed by atoms with Crippen LogP contribution in [0.3, 0.4) is 0 Å². The Kier molecular flexibility index (Phi) is 4.66. The van der Waals surface area contributed by atoms with Gasteiger partial charge in [0.2, 0.25) is 0 Å². The van der Waals surface area contributed by atoms with Crippen molar-refractivity contribution in [2.24, 2.45) is 0 Å². The number of hydrogen-bond donors (Lipinski definition) is 1. The van der Waals surface area contributed by atoms with Gasteiger partial charge in [-0.05, 0) is 28.8 Å². The molecule has 0 aromatic heterocycles. The number of rotatable bonds is 3. The van der Waals surface area contributed by atoms with E-state index in [0.29, 0.717) is 5.56 Å². The predicted octanol–water partition coefficient (Wildman–Crippen LogP) is 2.71. The van der Waals surface area contributed by atoms with Gasteiger partial charge in [0.1, 0.15) is 12.6 Å². The minimum absolute atomic E-state index is 0.0770. The van der Waals surface area contributed by atoms with Crippen molar-refractivity contribution in [2.45, 2.75) is 25.6 Å². The smallest absolute Gasteiger partial charge is 0.411 e. The van der Waals surface area contributed by atoms with Crippen LogP contribution in [0.15, 0.2) is 48.5 Å². The number of aliphatic carboxylic acids is 1. The molecule has 1 amide bonds. The third-order valence-corrected chi connectivity index (χ3v) is 4.19. The van der Waals surface area contributed by atoms with Gasteiger partial charge in [0.05, 0.1) is 18.2 Å². The first-order chi connectivity index (χ1) is 12.1. The highest BCUT2D eigenvalue weighted by molar-refractivity contribution is 5.81. The van der Waals surface area contributed by atoms with Crippen molar-refractivity contribution in [3.05, 3.63) is 70.8 Å². The van der Waals surface area contributed by atoms with Crippen LogP contribution in [-0.2, 0) is 29.1 Å². The number of hydrogen-bond acceptors (Lipinski definition) is 4. The Morgan fingerprint density at radius 3 is 2.64 bits per heavy atom. The number of amides is 1. The number of carboxylic acid groups (broad SMARTS) is 1. The molecule has 25 heavy (non-hydrogen) atoms. The summed E-state index contributed by atoms with van der Waals surface area (Å²) in [6, 6.07) is 15.3. The van der Waals surface area contributed by atoms with Crippen molar-refractivity contribution >= 4 is 12.1 Å². The normalized spacial score (nSPS) is 15.8. The topological polar surface area (TPSA) is 90.6 Å². The number of carbonyl (C=O) groups is 2. The fourth-order valence-electron chi connectivity index (χ4n) is 2.87. The van der Waals surface area contributed by atoms with Gasteiger partial charge in [-0.2, -0.15) is 5.26 Å². The SMILES string of the molecule is N#Cc1ccc2c(c1)CN(C(=O)OCc1ccccc1)C(C(=O)O)C2. The summed E-state index contributed by atoms with van der Waals surface area (Å²) in [6.07, 6.45) is -0.485. The minimum atomic E-state index is -1.08. The third kappa shape index (κ3) is 3.61. The number of nitrogens with zero attached hydrogens (tertiary/aromatic N) is 2. The Morgan fingerprint density at radius 2 is 1.96 bits per heavy atom. The molecule has 0 saturated heterocycles. The van der Waals surface area contributed by atoms with Crippen LogP contribution in [0.25, 0.3) is 0 Å². The summed E-state index contributed by atoms with van der Waals surface area (Å²) in [6.45, 7) is 0.184. The van der Waals surface area contributed by atoms with E-state index >= 15 is 0 Å². The van der Waals surface area contributed by atoms with Crippen LogP contribution >= 0.6 is 0 Å². The van der Waals surface area contributed by atoms with Gasteiger partial charge in [0, 0.05) is 6.42 Å². The molecule has 0 saturated carbocycles. The molecular weight excluding hydrogens is 320 g/mol. The zero-order valence-corrected chi connectivity index (χ0v) is 13.4. The van der Waals surface area contributed by atoms with Crippen LogP contribution in [-0.4, -0.2) is 28.1 Å². The molecule has 6 heteroatoms. The lowest BCUT2D eigenvalue weighted by Crippen LogP contribution is -2.48. The van der Waals surface area contributed by atoms with Gasteiger partial charge in [-0.1, -0.05) is 36.4 Å². The second-order valence-corrected chi connectivity index (χ2v) is 5.82. The number of benzene rings is 2. The maximum Gasteiger partial charge on any atom is 0.411 e. The molecule has 0 radical (unpaired) electrons. The van der Waals surface area contributed by atoms with E-state index in [0.717, 1.165) is 16.7 Å². The number of fused-ring (bicyclic) bond motifs is 1. The lowest BCUT2D eigenvalue weighted by Gasteiger charge is -2.33. The van der Waals surface area contributed by atoms with Crippen molar-refractivity contribution < 1.29 is 19.4 Å². The highest BCUT2D eigenvalue weighted by atomic mass is 16.6. The lowest BCUT2D eigenvalue weighted by atomic mass is 9.93. The van der Waals surface area contributed by atoms with Crippen LogP contribution < -0.4 is 0 Å². The summed E-state index contributed by atoms with van der Waals surface area (Å²) in [5.41, 5.74) is 2.91. The third-order valence-electron chi connectivity index (χ3n) is 4.19. The van der Waals surface area contributed by atoms with Crippen molar-refractivity contribution in [1.82, 2.24) is 4.90 Å². The average Bonchev–Trinajstić information content (AvgIpc) is 2.65. The molecule has 0 fully saturated rings. The van der Waals surface area contributed by atoms with Crippen LogP contribution in [0.1, 0.15) is 22.3 Å². The Balaban J connectivity index is 1.79. The maximum absolute atomic E-state index is 12.4. The second-order valence-electron chi connectivity index (χ2n) is 5.82. The summed E-state index contributed by atoms with van der Waals surface area (Å²) < 4.78 is 5.28. The number of carboxylic acids is 1. The molecule has 1 N–H and O–H groups in total. The molecule has 1 aliphatic rings. The van der Waals surface area contributed by atoms with Crippen molar-refractivity contribution in [3.8, 4) is 6.07 Å². The predicted molar refractivity (Wildman–Crippen MR) is 88.5 cm³/mol. The monoisotopic (exact) mass is 336 g/mol. The quantitative estimate of drug-likeness (QED) is 0.930. The molecule has 126 valence electrons. The molecule has 1 heterocycles. The Hall–Kier alpha value is -3.33. The Bertz CT molecular complexity index is 842. The average molecular weight is 336 g/mol. The Morgan fingerprint density at radius 1 is 1.20 bits per heavy atom. The molecule has 6 nitrogen and oxygen atoms in total. The van der Waals surface area contributed by atoms with Gasteiger partial charge in [-0.15, -0.1) is 0 Å². The van der Waals surface area contributed by atoms with Crippen LogP contribution in [0.4, 0.5) is 4.79 Å².